The van der Waals surface area contributed by atoms with Crippen molar-refractivity contribution in [1.29, 1.82) is 0 Å². The van der Waals surface area contributed by atoms with Crippen molar-refractivity contribution in [2.45, 2.75) is 53.4 Å². The summed E-state index contributed by atoms with van der Waals surface area (Å²) in [6.45, 7) is 9.23. The van der Waals surface area contributed by atoms with Gasteiger partial charge in [0.25, 0.3) is 0 Å². The van der Waals surface area contributed by atoms with Crippen molar-refractivity contribution in [1.82, 2.24) is 5.32 Å². The Morgan fingerprint density at radius 1 is 0.889 bits per heavy atom. The van der Waals surface area contributed by atoms with Crippen molar-refractivity contribution in [3.05, 3.63) is 34.9 Å². The third-order valence-corrected chi connectivity index (χ3v) is 2.77. The molecule has 1 N–H and O–H groups in total. The SMILES string of the molecule is CC(C)=CCC/C(C)=C/CC/C(C)=C\CNC=O. The van der Waals surface area contributed by atoms with Gasteiger partial charge in [-0.05, 0) is 53.4 Å². The van der Waals surface area contributed by atoms with Gasteiger partial charge in [-0.2, -0.15) is 0 Å². The second-order valence-corrected chi connectivity index (χ2v) is 4.99. The van der Waals surface area contributed by atoms with E-state index in [0.29, 0.717) is 6.54 Å². The first-order chi connectivity index (χ1) is 8.56. The van der Waals surface area contributed by atoms with Crippen molar-refractivity contribution < 1.29 is 4.79 Å². The van der Waals surface area contributed by atoms with Crippen molar-refractivity contribution in [2.75, 3.05) is 6.54 Å². The second kappa shape index (κ2) is 10.8. The van der Waals surface area contributed by atoms with Gasteiger partial charge in [-0.1, -0.05) is 34.9 Å². The van der Waals surface area contributed by atoms with Crippen LogP contribution in [0.1, 0.15) is 53.4 Å². The maximum atomic E-state index is 10.1. The lowest BCUT2D eigenvalue weighted by Gasteiger charge is -2.01. The summed E-state index contributed by atoms with van der Waals surface area (Å²) < 4.78 is 0. The van der Waals surface area contributed by atoms with Gasteiger partial charge < -0.3 is 5.32 Å². The minimum absolute atomic E-state index is 0.638. The Labute approximate surface area is 112 Å². The number of nitrogens with one attached hydrogen (secondary N) is 1. The number of hydrogen-bond donors (Lipinski definition) is 1. The minimum atomic E-state index is 0.638. The summed E-state index contributed by atoms with van der Waals surface area (Å²) in [6.07, 6.45) is 11.9. The molecule has 0 aliphatic rings. The van der Waals surface area contributed by atoms with Gasteiger partial charge in [0, 0.05) is 6.54 Å². The molecule has 0 aromatic rings. The first-order valence-corrected chi connectivity index (χ1v) is 6.68. The van der Waals surface area contributed by atoms with Crippen molar-refractivity contribution in [3.63, 3.8) is 0 Å². The molecule has 0 aliphatic carbocycles. The largest absolute Gasteiger partial charge is 0.355 e. The molecule has 0 rings (SSSR count). The molecule has 0 bridgehead atoms. The molecular formula is C16H27NO. The highest BCUT2D eigenvalue weighted by molar-refractivity contribution is 5.46. The van der Waals surface area contributed by atoms with Gasteiger partial charge in [0.05, 0.1) is 0 Å². The van der Waals surface area contributed by atoms with Crippen LogP contribution in [0.5, 0.6) is 0 Å². The Bertz CT molecular complexity index is 320. The maximum Gasteiger partial charge on any atom is 0.207 e. The molecule has 18 heavy (non-hydrogen) atoms. The number of hydrogen-bond acceptors (Lipinski definition) is 1. The zero-order valence-electron chi connectivity index (χ0n) is 12.3. The highest BCUT2D eigenvalue weighted by Crippen LogP contribution is 2.11. The molecule has 0 fully saturated rings. The average molecular weight is 249 g/mol. The van der Waals surface area contributed by atoms with E-state index in [9.17, 15) is 4.79 Å². The van der Waals surface area contributed by atoms with Crippen LogP contribution in [-0.4, -0.2) is 13.0 Å². The molecule has 0 saturated heterocycles. The molecule has 0 aromatic heterocycles. The number of rotatable bonds is 9. The summed E-state index contributed by atoms with van der Waals surface area (Å²) in [5.74, 6) is 0. The Morgan fingerprint density at radius 2 is 1.44 bits per heavy atom. The van der Waals surface area contributed by atoms with E-state index in [0.717, 1.165) is 32.1 Å². The van der Waals surface area contributed by atoms with E-state index in [1.54, 1.807) is 0 Å². The van der Waals surface area contributed by atoms with Crippen LogP contribution >= 0.6 is 0 Å². The molecular weight excluding hydrogens is 222 g/mol. The van der Waals surface area contributed by atoms with Crippen molar-refractivity contribution >= 4 is 6.41 Å². The van der Waals surface area contributed by atoms with Gasteiger partial charge in [-0.15, -0.1) is 0 Å². The monoisotopic (exact) mass is 249 g/mol. The average Bonchev–Trinajstić information content (AvgIpc) is 2.29. The summed E-state index contributed by atoms with van der Waals surface area (Å²) in [7, 11) is 0. The molecule has 2 nitrogen and oxygen atoms in total. The maximum absolute atomic E-state index is 10.1. The molecule has 0 aromatic carbocycles. The third kappa shape index (κ3) is 11.2. The molecule has 0 radical (unpaired) electrons. The van der Waals surface area contributed by atoms with Gasteiger partial charge in [-0.25, -0.2) is 0 Å². The van der Waals surface area contributed by atoms with Crippen LogP contribution in [0.25, 0.3) is 0 Å². The molecule has 0 aliphatic heterocycles. The van der Waals surface area contributed by atoms with E-state index < -0.39 is 0 Å². The number of amides is 1. The summed E-state index contributed by atoms with van der Waals surface area (Å²) in [5.41, 5.74) is 4.19. The van der Waals surface area contributed by atoms with Gasteiger partial charge in [-0.3, -0.25) is 4.79 Å². The zero-order valence-corrected chi connectivity index (χ0v) is 12.3. The Kier molecular flexibility index (Phi) is 10.0. The number of carbonyl (C=O) groups is 1. The molecule has 0 unspecified atom stereocenters. The normalized spacial score (nSPS) is 12.2. The van der Waals surface area contributed by atoms with Crippen molar-refractivity contribution in [3.8, 4) is 0 Å². The third-order valence-electron chi connectivity index (χ3n) is 2.77. The summed E-state index contributed by atoms with van der Waals surface area (Å²) in [5, 5.41) is 2.64. The van der Waals surface area contributed by atoms with E-state index in [-0.39, 0.29) is 0 Å². The molecule has 0 heterocycles. The Balaban J connectivity index is 3.82. The smallest absolute Gasteiger partial charge is 0.207 e. The number of carbonyl (C=O) groups excluding carboxylic acids is 1. The van der Waals surface area contributed by atoms with Crippen molar-refractivity contribution in [2.24, 2.45) is 0 Å². The van der Waals surface area contributed by atoms with Gasteiger partial charge in [0.2, 0.25) is 6.41 Å². The highest BCUT2D eigenvalue weighted by Gasteiger charge is 1.91. The summed E-state index contributed by atoms with van der Waals surface area (Å²) in [4.78, 5) is 10.1. The fraction of sp³-hybridized carbons (Fsp3) is 0.562. The van der Waals surface area contributed by atoms with Gasteiger partial charge >= 0.3 is 0 Å². The zero-order chi connectivity index (χ0) is 13.8. The van der Waals surface area contributed by atoms with E-state index >= 15 is 0 Å². The molecule has 0 spiro atoms. The molecule has 2 heteroatoms. The van der Waals surface area contributed by atoms with Crippen LogP contribution in [0, 0.1) is 0 Å². The van der Waals surface area contributed by atoms with Crippen LogP contribution in [0.15, 0.2) is 34.9 Å². The predicted molar refractivity (Wildman–Crippen MR) is 79.5 cm³/mol. The topological polar surface area (TPSA) is 29.1 Å². The van der Waals surface area contributed by atoms with Gasteiger partial charge in [0.1, 0.15) is 0 Å². The Hall–Kier alpha value is -1.31. The second-order valence-electron chi connectivity index (χ2n) is 4.99. The van der Waals surface area contributed by atoms with Crippen LogP contribution in [0.2, 0.25) is 0 Å². The van der Waals surface area contributed by atoms with E-state index in [2.05, 4.69) is 51.2 Å². The van der Waals surface area contributed by atoms with Crippen LogP contribution in [0.3, 0.4) is 0 Å². The lowest BCUT2D eigenvalue weighted by Crippen LogP contribution is -2.09. The summed E-state index contributed by atoms with van der Waals surface area (Å²) in [6, 6.07) is 0. The first kappa shape index (κ1) is 16.7. The first-order valence-electron chi connectivity index (χ1n) is 6.68. The molecule has 0 atom stereocenters. The molecule has 0 saturated carbocycles. The Morgan fingerprint density at radius 3 is 2.00 bits per heavy atom. The number of allylic oxidation sites excluding steroid dienone is 5. The van der Waals surface area contributed by atoms with Gasteiger partial charge in [0.15, 0.2) is 0 Å². The predicted octanol–water partition coefficient (Wildman–Crippen LogP) is 4.15. The minimum Gasteiger partial charge on any atom is -0.355 e. The van der Waals surface area contributed by atoms with Crippen LogP contribution in [-0.2, 0) is 4.79 Å². The fourth-order valence-corrected chi connectivity index (χ4v) is 1.62. The standard InChI is InChI=1S/C16H27NO/c1-14(2)7-5-8-15(3)9-6-10-16(4)11-12-17-13-18/h7,9,11,13H,5-6,8,10,12H2,1-4H3,(H,17,18)/b15-9+,16-11-. The fourth-order valence-electron chi connectivity index (χ4n) is 1.62. The van der Waals surface area contributed by atoms with E-state index in [4.69, 9.17) is 0 Å². The van der Waals surface area contributed by atoms with E-state index in [1.165, 1.54) is 16.7 Å². The summed E-state index contributed by atoms with van der Waals surface area (Å²) >= 11 is 0. The highest BCUT2D eigenvalue weighted by atomic mass is 16.1. The lowest BCUT2D eigenvalue weighted by molar-refractivity contribution is -0.109. The van der Waals surface area contributed by atoms with Crippen LogP contribution in [0.4, 0.5) is 0 Å². The molecule has 1 amide bonds. The quantitative estimate of drug-likeness (QED) is 0.371. The van der Waals surface area contributed by atoms with E-state index in [1.807, 2.05) is 0 Å². The van der Waals surface area contributed by atoms with Crippen LogP contribution < -0.4 is 5.32 Å². The lowest BCUT2D eigenvalue weighted by atomic mass is 10.1. The molecule has 102 valence electrons.